The number of benzene rings is 1. The second kappa shape index (κ2) is 7.39. The SMILES string of the molecule is Cc1cc(C)n(-c2ccc(C(=O)NCCCn3nccc3C3CC3)cc2)n1. The van der Waals surface area contributed by atoms with Gasteiger partial charge in [0.25, 0.3) is 5.91 Å². The maximum absolute atomic E-state index is 12.4. The summed E-state index contributed by atoms with van der Waals surface area (Å²) in [6.45, 7) is 5.48. The highest BCUT2D eigenvalue weighted by Crippen LogP contribution is 2.39. The Labute approximate surface area is 159 Å². The fourth-order valence-electron chi connectivity index (χ4n) is 3.43. The number of nitrogens with one attached hydrogen (secondary N) is 1. The summed E-state index contributed by atoms with van der Waals surface area (Å²) >= 11 is 0. The summed E-state index contributed by atoms with van der Waals surface area (Å²) in [6.07, 6.45) is 5.29. The zero-order valence-electron chi connectivity index (χ0n) is 15.9. The third-order valence-electron chi connectivity index (χ3n) is 4.96. The minimum absolute atomic E-state index is 0.0437. The molecule has 27 heavy (non-hydrogen) atoms. The van der Waals surface area contributed by atoms with E-state index < -0.39 is 0 Å². The molecule has 0 atom stereocenters. The predicted octanol–water partition coefficient (Wildman–Crippen LogP) is 3.38. The normalized spacial score (nSPS) is 13.7. The average molecular weight is 363 g/mol. The van der Waals surface area contributed by atoms with Crippen LogP contribution in [0.4, 0.5) is 0 Å². The number of carbonyl (C=O) groups excluding carboxylic acids is 1. The molecule has 2 aromatic heterocycles. The van der Waals surface area contributed by atoms with Gasteiger partial charge >= 0.3 is 0 Å². The fourth-order valence-corrected chi connectivity index (χ4v) is 3.43. The van der Waals surface area contributed by atoms with Gasteiger partial charge in [0, 0.05) is 42.2 Å². The molecule has 1 aromatic carbocycles. The van der Waals surface area contributed by atoms with Gasteiger partial charge in [0.1, 0.15) is 0 Å². The third kappa shape index (κ3) is 3.94. The molecule has 1 saturated carbocycles. The summed E-state index contributed by atoms with van der Waals surface area (Å²) in [4.78, 5) is 12.4. The van der Waals surface area contributed by atoms with Crippen LogP contribution in [0.3, 0.4) is 0 Å². The Kier molecular flexibility index (Phi) is 4.79. The number of aryl methyl sites for hydroxylation is 3. The molecule has 0 aliphatic heterocycles. The van der Waals surface area contributed by atoms with Gasteiger partial charge in [-0.2, -0.15) is 10.2 Å². The highest BCUT2D eigenvalue weighted by atomic mass is 16.1. The molecule has 0 spiro atoms. The van der Waals surface area contributed by atoms with Gasteiger partial charge in [0.2, 0.25) is 0 Å². The lowest BCUT2D eigenvalue weighted by Gasteiger charge is -2.09. The summed E-state index contributed by atoms with van der Waals surface area (Å²) in [7, 11) is 0. The van der Waals surface area contributed by atoms with Crippen molar-refractivity contribution in [3.63, 3.8) is 0 Å². The van der Waals surface area contributed by atoms with Crippen LogP contribution >= 0.6 is 0 Å². The van der Waals surface area contributed by atoms with Crippen molar-refractivity contribution >= 4 is 5.91 Å². The van der Waals surface area contributed by atoms with Crippen LogP contribution < -0.4 is 5.32 Å². The number of carbonyl (C=O) groups is 1. The van der Waals surface area contributed by atoms with Gasteiger partial charge < -0.3 is 5.32 Å². The molecule has 0 unspecified atom stereocenters. The van der Waals surface area contributed by atoms with Crippen molar-refractivity contribution in [3.05, 3.63) is 65.2 Å². The summed E-state index contributed by atoms with van der Waals surface area (Å²) in [6, 6.07) is 11.7. The first kappa shape index (κ1) is 17.5. The molecule has 6 nitrogen and oxygen atoms in total. The molecule has 0 saturated heterocycles. The van der Waals surface area contributed by atoms with Gasteiger partial charge in [-0.3, -0.25) is 9.48 Å². The number of hydrogen-bond donors (Lipinski definition) is 1. The van der Waals surface area contributed by atoms with E-state index in [0.29, 0.717) is 18.0 Å². The van der Waals surface area contributed by atoms with E-state index in [1.807, 2.05) is 55.1 Å². The molecule has 1 fully saturated rings. The Morgan fingerprint density at radius 3 is 2.63 bits per heavy atom. The lowest BCUT2D eigenvalue weighted by molar-refractivity contribution is 0.0952. The molecule has 6 heteroatoms. The minimum atomic E-state index is -0.0437. The smallest absolute Gasteiger partial charge is 0.251 e. The molecular weight excluding hydrogens is 338 g/mol. The van der Waals surface area contributed by atoms with Crippen LogP contribution in [0.2, 0.25) is 0 Å². The summed E-state index contributed by atoms with van der Waals surface area (Å²) < 4.78 is 3.96. The van der Waals surface area contributed by atoms with Crippen molar-refractivity contribution in [1.29, 1.82) is 0 Å². The predicted molar refractivity (Wildman–Crippen MR) is 104 cm³/mol. The van der Waals surface area contributed by atoms with Crippen LogP contribution in [-0.4, -0.2) is 32.0 Å². The molecule has 3 aromatic rings. The van der Waals surface area contributed by atoms with Crippen LogP contribution in [0.5, 0.6) is 0 Å². The van der Waals surface area contributed by atoms with Crippen LogP contribution in [0.1, 0.15) is 52.6 Å². The van der Waals surface area contributed by atoms with E-state index in [4.69, 9.17) is 0 Å². The van der Waals surface area contributed by atoms with Gasteiger partial charge in [-0.15, -0.1) is 0 Å². The molecule has 1 aliphatic rings. The second-order valence-corrected chi connectivity index (χ2v) is 7.25. The summed E-state index contributed by atoms with van der Waals surface area (Å²) in [5.74, 6) is 0.653. The van der Waals surface area contributed by atoms with Gasteiger partial charge in [-0.1, -0.05) is 0 Å². The van der Waals surface area contributed by atoms with E-state index in [1.165, 1.54) is 18.5 Å². The van der Waals surface area contributed by atoms with Crippen LogP contribution in [0, 0.1) is 13.8 Å². The van der Waals surface area contributed by atoms with Gasteiger partial charge in [0.05, 0.1) is 11.4 Å². The van der Waals surface area contributed by atoms with Crippen molar-refractivity contribution < 1.29 is 4.79 Å². The number of nitrogens with zero attached hydrogens (tertiary/aromatic N) is 4. The molecule has 1 amide bonds. The van der Waals surface area contributed by atoms with Crippen molar-refractivity contribution in [2.45, 2.75) is 45.6 Å². The Balaban J connectivity index is 1.29. The molecular formula is C21H25N5O. The van der Waals surface area contributed by atoms with Crippen LogP contribution in [0.25, 0.3) is 5.69 Å². The summed E-state index contributed by atoms with van der Waals surface area (Å²) in [5, 5.41) is 11.9. The zero-order chi connectivity index (χ0) is 18.8. The monoisotopic (exact) mass is 363 g/mol. The van der Waals surface area contributed by atoms with Crippen molar-refractivity contribution in [3.8, 4) is 5.69 Å². The highest BCUT2D eigenvalue weighted by molar-refractivity contribution is 5.94. The molecule has 1 aliphatic carbocycles. The van der Waals surface area contributed by atoms with E-state index in [2.05, 4.69) is 26.3 Å². The molecule has 0 bridgehead atoms. The quantitative estimate of drug-likeness (QED) is 0.655. The molecule has 0 radical (unpaired) electrons. The average Bonchev–Trinajstić information content (AvgIpc) is 3.31. The number of hydrogen-bond acceptors (Lipinski definition) is 3. The summed E-state index contributed by atoms with van der Waals surface area (Å²) in [5.41, 5.74) is 5.02. The van der Waals surface area contributed by atoms with Gasteiger partial charge in [-0.25, -0.2) is 4.68 Å². The first-order valence-corrected chi connectivity index (χ1v) is 9.55. The zero-order valence-corrected chi connectivity index (χ0v) is 15.9. The Morgan fingerprint density at radius 1 is 1.19 bits per heavy atom. The Hall–Kier alpha value is -2.89. The van der Waals surface area contributed by atoms with E-state index >= 15 is 0 Å². The molecule has 2 heterocycles. The van der Waals surface area contributed by atoms with Crippen LogP contribution in [-0.2, 0) is 6.54 Å². The fraction of sp³-hybridized carbons (Fsp3) is 0.381. The maximum Gasteiger partial charge on any atom is 0.251 e. The van der Waals surface area contributed by atoms with E-state index in [1.54, 1.807) is 0 Å². The number of aromatic nitrogens is 4. The number of amides is 1. The largest absolute Gasteiger partial charge is 0.352 e. The molecule has 4 rings (SSSR count). The lowest BCUT2D eigenvalue weighted by atomic mass is 10.2. The third-order valence-corrected chi connectivity index (χ3v) is 4.96. The van der Waals surface area contributed by atoms with Crippen LogP contribution in [0.15, 0.2) is 42.6 Å². The van der Waals surface area contributed by atoms with E-state index in [0.717, 1.165) is 30.0 Å². The minimum Gasteiger partial charge on any atom is -0.352 e. The topological polar surface area (TPSA) is 64.7 Å². The van der Waals surface area contributed by atoms with Crippen molar-refractivity contribution in [2.24, 2.45) is 0 Å². The van der Waals surface area contributed by atoms with Crippen molar-refractivity contribution in [2.75, 3.05) is 6.54 Å². The molecule has 140 valence electrons. The van der Waals surface area contributed by atoms with E-state index in [-0.39, 0.29) is 5.91 Å². The van der Waals surface area contributed by atoms with Crippen molar-refractivity contribution in [1.82, 2.24) is 24.9 Å². The lowest BCUT2D eigenvalue weighted by Crippen LogP contribution is -2.25. The second-order valence-electron chi connectivity index (χ2n) is 7.25. The molecule has 1 N–H and O–H groups in total. The van der Waals surface area contributed by atoms with E-state index in [9.17, 15) is 4.79 Å². The Morgan fingerprint density at radius 2 is 1.96 bits per heavy atom. The first-order chi connectivity index (χ1) is 13.1. The Bertz CT molecular complexity index is 934. The number of rotatable bonds is 7. The van der Waals surface area contributed by atoms with Gasteiger partial charge in [-0.05, 0) is 69.5 Å². The van der Waals surface area contributed by atoms with Gasteiger partial charge in [0.15, 0.2) is 0 Å². The standard InChI is InChI=1S/C21H25N5O/c1-15-14-16(2)26(24-15)19-8-6-18(7-9-19)21(27)22-11-3-13-25-20(10-12-23-25)17-4-5-17/h6-10,12,14,17H,3-5,11,13H2,1-2H3,(H,22,27). The first-order valence-electron chi connectivity index (χ1n) is 9.55. The highest BCUT2D eigenvalue weighted by Gasteiger charge is 2.26. The maximum atomic E-state index is 12.4.